The summed E-state index contributed by atoms with van der Waals surface area (Å²) in [5.74, 6) is 1.63. The van der Waals surface area contributed by atoms with E-state index in [1.54, 1.807) is 11.3 Å². The predicted octanol–water partition coefficient (Wildman–Crippen LogP) is 1.09. The maximum atomic E-state index is 12.1. The van der Waals surface area contributed by atoms with Gasteiger partial charge in [-0.25, -0.2) is 0 Å². The fourth-order valence-electron chi connectivity index (χ4n) is 2.68. The van der Waals surface area contributed by atoms with Crippen LogP contribution in [0.2, 0.25) is 0 Å². The van der Waals surface area contributed by atoms with Crippen molar-refractivity contribution in [3.8, 4) is 0 Å². The lowest BCUT2D eigenvalue weighted by Crippen LogP contribution is -2.43. The van der Waals surface area contributed by atoms with Crippen molar-refractivity contribution in [2.24, 2.45) is 0 Å². The number of nitrogens with one attached hydrogen (secondary N) is 1. The van der Waals surface area contributed by atoms with Gasteiger partial charge in [0.2, 0.25) is 5.91 Å². The van der Waals surface area contributed by atoms with Crippen LogP contribution in [-0.4, -0.2) is 39.1 Å². The molecule has 3 heterocycles. The van der Waals surface area contributed by atoms with Crippen LogP contribution in [0.15, 0.2) is 17.5 Å². The Kier molecular flexibility index (Phi) is 3.50. The van der Waals surface area contributed by atoms with E-state index >= 15 is 0 Å². The lowest BCUT2D eigenvalue weighted by Gasteiger charge is -2.34. The lowest BCUT2D eigenvalue weighted by molar-refractivity contribution is -0.130. The molecular weight excluding hydrogens is 268 g/mol. The van der Waals surface area contributed by atoms with Gasteiger partial charge < -0.3 is 4.90 Å². The van der Waals surface area contributed by atoms with Crippen LogP contribution >= 0.6 is 11.3 Å². The number of carbonyl (C=O) groups is 1. The first-order chi connectivity index (χ1) is 8.75. The minimum atomic E-state index is -0.676. The summed E-state index contributed by atoms with van der Waals surface area (Å²) in [4.78, 5) is 15.2. The van der Waals surface area contributed by atoms with Gasteiger partial charge in [0.05, 0.1) is 6.54 Å². The molecule has 1 amide bonds. The number of amides is 1. The van der Waals surface area contributed by atoms with Crippen molar-refractivity contribution in [2.75, 3.05) is 18.1 Å². The second kappa shape index (κ2) is 5.11. The maximum absolute atomic E-state index is 12.1. The molecular formula is C12H16N2O2S2. The quantitative estimate of drug-likeness (QED) is 0.884. The molecule has 0 aromatic carbocycles. The number of nitrogens with zero attached hydrogens (tertiary/aromatic N) is 1. The number of hydrogen-bond acceptors (Lipinski definition) is 4. The minimum Gasteiger partial charge on any atom is -0.318 e. The van der Waals surface area contributed by atoms with Gasteiger partial charge in [-0.05, 0) is 24.3 Å². The summed E-state index contributed by atoms with van der Waals surface area (Å²) in [6.45, 7) is 0.419. The van der Waals surface area contributed by atoms with E-state index in [1.165, 1.54) is 4.88 Å². The Bertz CT molecular complexity index is 451. The summed E-state index contributed by atoms with van der Waals surface area (Å²) in [6, 6.07) is 4.32. The fraction of sp³-hybridized carbons (Fsp3) is 0.583. The second-order valence-corrected chi connectivity index (χ2v) is 7.35. The summed E-state index contributed by atoms with van der Waals surface area (Å²) >= 11 is 1.67. The topological polar surface area (TPSA) is 49.4 Å². The van der Waals surface area contributed by atoms with Gasteiger partial charge in [-0.2, -0.15) is 0 Å². The molecule has 0 radical (unpaired) electrons. The molecule has 2 aliphatic rings. The second-order valence-electron chi connectivity index (χ2n) is 4.68. The third-order valence-electron chi connectivity index (χ3n) is 3.58. The highest BCUT2D eigenvalue weighted by Crippen LogP contribution is 2.31. The van der Waals surface area contributed by atoms with E-state index in [4.69, 9.17) is 0 Å². The van der Waals surface area contributed by atoms with Crippen LogP contribution < -0.4 is 5.32 Å². The van der Waals surface area contributed by atoms with Crippen molar-refractivity contribution in [3.05, 3.63) is 22.4 Å². The molecule has 0 bridgehead atoms. The first-order valence-electron chi connectivity index (χ1n) is 6.18. The summed E-state index contributed by atoms with van der Waals surface area (Å²) in [5, 5.41) is 5.31. The molecule has 0 spiro atoms. The highest BCUT2D eigenvalue weighted by Gasteiger charge is 2.38. The largest absolute Gasteiger partial charge is 0.318 e. The zero-order valence-electron chi connectivity index (χ0n) is 10.0. The van der Waals surface area contributed by atoms with Crippen molar-refractivity contribution in [1.29, 1.82) is 0 Å². The molecule has 1 atom stereocenters. The third-order valence-corrected chi connectivity index (χ3v) is 5.88. The Balaban J connectivity index is 1.79. The van der Waals surface area contributed by atoms with Crippen LogP contribution in [0.4, 0.5) is 0 Å². The number of hydrogen-bond donors (Lipinski definition) is 1. The Morgan fingerprint density at radius 2 is 2.17 bits per heavy atom. The Labute approximate surface area is 113 Å². The molecule has 0 aliphatic carbocycles. The third kappa shape index (κ3) is 2.24. The highest BCUT2D eigenvalue weighted by molar-refractivity contribution is 7.85. The molecule has 0 saturated carbocycles. The highest BCUT2D eigenvalue weighted by atomic mass is 32.2. The molecule has 1 N–H and O–H groups in total. The molecule has 18 heavy (non-hydrogen) atoms. The van der Waals surface area contributed by atoms with Crippen molar-refractivity contribution in [3.63, 3.8) is 0 Å². The van der Waals surface area contributed by atoms with Gasteiger partial charge in [-0.3, -0.25) is 14.3 Å². The van der Waals surface area contributed by atoms with E-state index in [0.29, 0.717) is 6.54 Å². The van der Waals surface area contributed by atoms with Gasteiger partial charge in [0.25, 0.3) is 0 Å². The molecule has 2 fully saturated rings. The zero-order chi connectivity index (χ0) is 12.5. The monoisotopic (exact) mass is 284 g/mol. The average Bonchev–Trinajstić information content (AvgIpc) is 2.99. The van der Waals surface area contributed by atoms with Crippen LogP contribution in [0.25, 0.3) is 0 Å². The Hall–Kier alpha value is -0.720. The van der Waals surface area contributed by atoms with Crippen LogP contribution in [-0.2, 0) is 15.6 Å². The van der Waals surface area contributed by atoms with Crippen LogP contribution in [0, 0.1) is 0 Å². The van der Waals surface area contributed by atoms with Gasteiger partial charge in [-0.1, -0.05) is 6.07 Å². The number of rotatable bonds is 2. The van der Waals surface area contributed by atoms with Gasteiger partial charge >= 0.3 is 0 Å². The molecule has 4 nitrogen and oxygen atoms in total. The van der Waals surface area contributed by atoms with Crippen molar-refractivity contribution in [1.82, 2.24) is 10.2 Å². The maximum Gasteiger partial charge on any atom is 0.238 e. The van der Waals surface area contributed by atoms with Crippen LogP contribution in [0.5, 0.6) is 0 Å². The summed E-state index contributed by atoms with van der Waals surface area (Å²) in [7, 11) is -0.676. The Morgan fingerprint density at radius 3 is 2.83 bits per heavy atom. The molecule has 2 saturated heterocycles. The average molecular weight is 284 g/mol. The van der Waals surface area contributed by atoms with Crippen molar-refractivity contribution >= 4 is 28.0 Å². The lowest BCUT2D eigenvalue weighted by atomic mass is 10.1. The molecule has 1 aromatic rings. The smallest absolute Gasteiger partial charge is 0.238 e. The minimum absolute atomic E-state index is 0.0223. The fourth-order valence-corrected chi connectivity index (χ4v) is 4.75. The molecule has 2 aliphatic heterocycles. The van der Waals surface area contributed by atoms with Gasteiger partial charge in [0.15, 0.2) is 0 Å². The van der Waals surface area contributed by atoms with E-state index in [-0.39, 0.29) is 18.1 Å². The number of carbonyl (C=O) groups excluding carboxylic acids is 1. The Morgan fingerprint density at radius 1 is 1.39 bits per heavy atom. The predicted molar refractivity (Wildman–Crippen MR) is 72.8 cm³/mol. The van der Waals surface area contributed by atoms with E-state index in [2.05, 4.69) is 11.4 Å². The molecule has 1 aromatic heterocycles. The van der Waals surface area contributed by atoms with Crippen LogP contribution in [0.3, 0.4) is 0 Å². The standard InChI is InChI=1S/C12H16N2O2S2/c15-11-8-13-12(10-2-1-5-17-10)14(11)9-3-6-18(16)7-4-9/h1-2,5,9,12-13H,3-4,6-8H2. The zero-order valence-corrected chi connectivity index (χ0v) is 11.6. The molecule has 6 heteroatoms. The SMILES string of the molecule is O=C1CNC(c2cccs2)N1C1CCS(=O)CC1. The van der Waals surface area contributed by atoms with Crippen molar-refractivity contribution < 1.29 is 9.00 Å². The van der Waals surface area contributed by atoms with Gasteiger partial charge in [0, 0.05) is 33.2 Å². The first-order valence-corrected chi connectivity index (χ1v) is 8.55. The summed E-state index contributed by atoms with van der Waals surface area (Å²) in [5.41, 5.74) is 0. The summed E-state index contributed by atoms with van der Waals surface area (Å²) in [6.07, 6.45) is 1.75. The molecule has 1 unspecified atom stereocenters. The van der Waals surface area contributed by atoms with E-state index in [9.17, 15) is 9.00 Å². The normalized spacial score (nSPS) is 33.0. The number of thiophene rings is 1. The first kappa shape index (κ1) is 12.3. The van der Waals surface area contributed by atoms with Gasteiger partial charge in [0.1, 0.15) is 6.17 Å². The molecule has 98 valence electrons. The van der Waals surface area contributed by atoms with Crippen LogP contribution in [0.1, 0.15) is 23.9 Å². The van der Waals surface area contributed by atoms with Gasteiger partial charge in [-0.15, -0.1) is 11.3 Å². The summed E-state index contributed by atoms with van der Waals surface area (Å²) < 4.78 is 11.4. The van der Waals surface area contributed by atoms with E-state index < -0.39 is 10.8 Å². The molecule has 3 rings (SSSR count). The van der Waals surface area contributed by atoms with Crippen molar-refractivity contribution in [2.45, 2.75) is 25.0 Å². The van der Waals surface area contributed by atoms with E-state index in [0.717, 1.165) is 24.3 Å². The van der Waals surface area contributed by atoms with E-state index in [1.807, 2.05) is 16.3 Å².